The van der Waals surface area contributed by atoms with Crippen molar-refractivity contribution >= 4 is 0 Å². The van der Waals surface area contributed by atoms with Crippen molar-refractivity contribution < 1.29 is 4.74 Å². The van der Waals surface area contributed by atoms with Gasteiger partial charge in [-0.3, -0.25) is 0 Å². The highest BCUT2D eigenvalue weighted by molar-refractivity contribution is 5.30. The summed E-state index contributed by atoms with van der Waals surface area (Å²) in [6.07, 6.45) is 4.75. The number of nitrogens with two attached hydrogens (primary N) is 1. The van der Waals surface area contributed by atoms with E-state index in [9.17, 15) is 0 Å². The fourth-order valence-electron chi connectivity index (χ4n) is 2.72. The Bertz CT molecular complexity index is 332. The van der Waals surface area contributed by atoms with Gasteiger partial charge in [-0.15, -0.1) is 0 Å². The van der Waals surface area contributed by atoms with E-state index in [-0.39, 0.29) is 11.5 Å². The monoisotopic (exact) mass is 233 g/mol. The molecule has 2 nitrogen and oxygen atoms in total. The summed E-state index contributed by atoms with van der Waals surface area (Å²) in [5, 5.41) is 0. The van der Waals surface area contributed by atoms with Crippen LogP contribution < -0.4 is 5.73 Å². The predicted molar refractivity (Wildman–Crippen MR) is 71.1 cm³/mol. The summed E-state index contributed by atoms with van der Waals surface area (Å²) in [5.74, 6) is 0. The zero-order valence-corrected chi connectivity index (χ0v) is 10.7. The molecule has 0 spiro atoms. The molecule has 1 aliphatic rings. The molecule has 0 saturated heterocycles. The summed E-state index contributed by atoms with van der Waals surface area (Å²) in [5.41, 5.74) is 7.93. The van der Waals surface area contributed by atoms with Gasteiger partial charge in [0.2, 0.25) is 0 Å². The Morgan fingerprint density at radius 2 is 2.00 bits per heavy atom. The standard InChI is InChI=1S/C15H23NO/c1-2-11-17-12-14(16)15(9-6-10-15)13-7-4-3-5-8-13/h3-5,7-8,14H,2,6,9-12,16H2,1H3. The van der Waals surface area contributed by atoms with E-state index >= 15 is 0 Å². The van der Waals surface area contributed by atoms with Gasteiger partial charge in [-0.05, 0) is 24.8 Å². The van der Waals surface area contributed by atoms with Gasteiger partial charge in [0.05, 0.1) is 6.61 Å². The van der Waals surface area contributed by atoms with Crippen LogP contribution in [0.1, 0.15) is 38.2 Å². The largest absolute Gasteiger partial charge is 0.380 e. The van der Waals surface area contributed by atoms with Crippen LogP contribution in [-0.4, -0.2) is 19.3 Å². The van der Waals surface area contributed by atoms with E-state index < -0.39 is 0 Å². The van der Waals surface area contributed by atoms with Gasteiger partial charge < -0.3 is 10.5 Å². The van der Waals surface area contributed by atoms with Crippen LogP contribution in [0.15, 0.2) is 30.3 Å². The fraction of sp³-hybridized carbons (Fsp3) is 0.600. The number of ether oxygens (including phenoxy) is 1. The molecule has 94 valence electrons. The second kappa shape index (κ2) is 5.65. The number of rotatable bonds is 6. The Hall–Kier alpha value is -0.860. The third kappa shape index (κ3) is 2.53. The van der Waals surface area contributed by atoms with Gasteiger partial charge in [0.15, 0.2) is 0 Å². The minimum atomic E-state index is 0.130. The average Bonchev–Trinajstić information content (AvgIpc) is 2.29. The maximum atomic E-state index is 6.36. The Kier molecular flexibility index (Phi) is 4.19. The van der Waals surface area contributed by atoms with Crippen molar-refractivity contribution in [3.8, 4) is 0 Å². The van der Waals surface area contributed by atoms with Crippen molar-refractivity contribution in [3.05, 3.63) is 35.9 Å². The Labute approximate surface area is 104 Å². The van der Waals surface area contributed by atoms with E-state index in [1.165, 1.54) is 24.8 Å². The SMILES string of the molecule is CCCOCC(N)C1(c2ccccc2)CCC1. The first-order valence-corrected chi connectivity index (χ1v) is 6.68. The summed E-state index contributed by atoms with van der Waals surface area (Å²) >= 11 is 0. The molecule has 2 rings (SSSR count). The van der Waals surface area contributed by atoms with Gasteiger partial charge in [0.1, 0.15) is 0 Å². The predicted octanol–water partition coefficient (Wildman–Crippen LogP) is 2.86. The molecule has 0 bridgehead atoms. The molecule has 1 atom stereocenters. The minimum Gasteiger partial charge on any atom is -0.380 e. The molecule has 1 unspecified atom stereocenters. The first-order valence-electron chi connectivity index (χ1n) is 6.68. The lowest BCUT2D eigenvalue weighted by Crippen LogP contribution is -2.52. The lowest BCUT2D eigenvalue weighted by molar-refractivity contribution is 0.0719. The highest BCUT2D eigenvalue weighted by Crippen LogP contribution is 2.45. The van der Waals surface area contributed by atoms with Crippen LogP contribution in [0.3, 0.4) is 0 Å². The second-order valence-electron chi connectivity index (χ2n) is 5.06. The quantitative estimate of drug-likeness (QED) is 0.767. The van der Waals surface area contributed by atoms with Crippen LogP contribution in [0.2, 0.25) is 0 Å². The summed E-state index contributed by atoms with van der Waals surface area (Å²) in [4.78, 5) is 0. The molecular weight excluding hydrogens is 210 g/mol. The molecule has 1 aromatic carbocycles. The van der Waals surface area contributed by atoms with E-state index in [0.29, 0.717) is 6.61 Å². The van der Waals surface area contributed by atoms with Gasteiger partial charge >= 0.3 is 0 Å². The zero-order chi connectivity index (χ0) is 12.1. The van der Waals surface area contributed by atoms with E-state index in [1.807, 2.05) is 0 Å². The van der Waals surface area contributed by atoms with Crippen molar-refractivity contribution in [2.45, 2.75) is 44.1 Å². The Morgan fingerprint density at radius 3 is 2.53 bits per heavy atom. The maximum Gasteiger partial charge on any atom is 0.0626 e. The molecule has 1 saturated carbocycles. The summed E-state index contributed by atoms with van der Waals surface area (Å²) in [6.45, 7) is 3.63. The molecule has 1 fully saturated rings. The number of hydrogen-bond acceptors (Lipinski definition) is 2. The Balaban J connectivity index is 2.04. The van der Waals surface area contributed by atoms with Crippen molar-refractivity contribution in [1.82, 2.24) is 0 Å². The molecule has 17 heavy (non-hydrogen) atoms. The maximum absolute atomic E-state index is 6.36. The van der Waals surface area contributed by atoms with Crippen molar-refractivity contribution in [1.29, 1.82) is 0 Å². The summed E-state index contributed by atoms with van der Waals surface area (Å²) < 4.78 is 5.62. The molecule has 2 heteroatoms. The van der Waals surface area contributed by atoms with Crippen molar-refractivity contribution in [3.63, 3.8) is 0 Å². The molecule has 0 aromatic heterocycles. The molecule has 0 amide bonds. The van der Waals surface area contributed by atoms with Crippen LogP contribution in [0.5, 0.6) is 0 Å². The topological polar surface area (TPSA) is 35.2 Å². The molecule has 1 aromatic rings. The third-order valence-corrected chi connectivity index (χ3v) is 3.95. The smallest absolute Gasteiger partial charge is 0.0626 e. The number of benzene rings is 1. The van der Waals surface area contributed by atoms with Crippen LogP contribution in [-0.2, 0) is 10.2 Å². The van der Waals surface area contributed by atoms with Gasteiger partial charge in [-0.25, -0.2) is 0 Å². The van der Waals surface area contributed by atoms with Crippen LogP contribution in [0.25, 0.3) is 0 Å². The van der Waals surface area contributed by atoms with Crippen LogP contribution >= 0.6 is 0 Å². The second-order valence-corrected chi connectivity index (χ2v) is 5.06. The van der Waals surface area contributed by atoms with Crippen LogP contribution in [0.4, 0.5) is 0 Å². The van der Waals surface area contributed by atoms with E-state index in [4.69, 9.17) is 10.5 Å². The van der Waals surface area contributed by atoms with E-state index in [1.54, 1.807) is 0 Å². The molecule has 1 aliphatic carbocycles. The molecule has 2 N–H and O–H groups in total. The third-order valence-electron chi connectivity index (χ3n) is 3.95. The van der Waals surface area contributed by atoms with Crippen molar-refractivity contribution in [2.24, 2.45) is 5.73 Å². The Morgan fingerprint density at radius 1 is 1.29 bits per heavy atom. The van der Waals surface area contributed by atoms with Crippen LogP contribution in [0, 0.1) is 0 Å². The van der Waals surface area contributed by atoms with Gasteiger partial charge in [0.25, 0.3) is 0 Å². The molecular formula is C15H23NO. The normalized spacial score (nSPS) is 19.6. The highest BCUT2D eigenvalue weighted by Gasteiger charge is 2.43. The van der Waals surface area contributed by atoms with Gasteiger partial charge in [-0.2, -0.15) is 0 Å². The van der Waals surface area contributed by atoms with Crippen molar-refractivity contribution in [2.75, 3.05) is 13.2 Å². The lowest BCUT2D eigenvalue weighted by Gasteiger charge is -2.46. The fourth-order valence-corrected chi connectivity index (χ4v) is 2.72. The minimum absolute atomic E-state index is 0.130. The molecule has 0 aliphatic heterocycles. The average molecular weight is 233 g/mol. The lowest BCUT2D eigenvalue weighted by atomic mass is 9.60. The van der Waals surface area contributed by atoms with E-state index in [0.717, 1.165) is 13.0 Å². The zero-order valence-electron chi connectivity index (χ0n) is 10.7. The summed E-state index contributed by atoms with van der Waals surface area (Å²) in [7, 11) is 0. The number of hydrogen-bond donors (Lipinski definition) is 1. The van der Waals surface area contributed by atoms with Gasteiger partial charge in [0, 0.05) is 18.1 Å². The first-order chi connectivity index (χ1) is 8.29. The molecule has 0 radical (unpaired) electrons. The highest BCUT2D eigenvalue weighted by atomic mass is 16.5. The summed E-state index contributed by atoms with van der Waals surface area (Å²) in [6, 6.07) is 10.8. The van der Waals surface area contributed by atoms with E-state index in [2.05, 4.69) is 37.3 Å². The van der Waals surface area contributed by atoms with Gasteiger partial charge in [-0.1, -0.05) is 43.7 Å². The first kappa shape index (κ1) is 12.6. The molecule has 0 heterocycles.